The predicted molar refractivity (Wildman–Crippen MR) is 127 cm³/mol. The number of nitrogens with one attached hydrogen (secondary N) is 1. The van der Waals surface area contributed by atoms with E-state index in [9.17, 15) is 4.79 Å². The van der Waals surface area contributed by atoms with Gasteiger partial charge in [0, 0.05) is 60.9 Å². The molecular formula is C26H33N3O3. The van der Waals surface area contributed by atoms with Crippen LogP contribution in [-0.2, 0) is 11.3 Å². The summed E-state index contributed by atoms with van der Waals surface area (Å²) < 4.78 is 10.7. The highest BCUT2D eigenvalue weighted by Crippen LogP contribution is 2.35. The van der Waals surface area contributed by atoms with Gasteiger partial charge in [0.2, 0.25) is 0 Å². The van der Waals surface area contributed by atoms with Crippen LogP contribution in [0.2, 0.25) is 0 Å². The minimum Gasteiger partial charge on any atom is -0.496 e. The summed E-state index contributed by atoms with van der Waals surface area (Å²) >= 11 is 0. The molecule has 0 amide bonds. The molecule has 170 valence electrons. The van der Waals surface area contributed by atoms with Crippen LogP contribution in [0, 0.1) is 6.92 Å². The van der Waals surface area contributed by atoms with Crippen molar-refractivity contribution in [1.29, 1.82) is 0 Å². The van der Waals surface area contributed by atoms with Crippen LogP contribution in [0.25, 0.3) is 10.9 Å². The number of carbonyl (C=O) groups excluding carboxylic acids is 1. The molecule has 0 bridgehead atoms. The predicted octanol–water partition coefficient (Wildman–Crippen LogP) is 4.54. The Morgan fingerprint density at radius 3 is 2.56 bits per heavy atom. The summed E-state index contributed by atoms with van der Waals surface area (Å²) in [4.78, 5) is 20.3. The molecule has 1 aliphatic heterocycles. The van der Waals surface area contributed by atoms with Crippen LogP contribution in [-0.4, -0.2) is 60.6 Å². The molecule has 2 heterocycles. The van der Waals surface area contributed by atoms with Gasteiger partial charge >= 0.3 is 5.97 Å². The highest BCUT2D eigenvalue weighted by molar-refractivity contribution is 5.89. The zero-order valence-corrected chi connectivity index (χ0v) is 19.6. The Labute approximate surface area is 190 Å². The van der Waals surface area contributed by atoms with Crippen molar-refractivity contribution < 1.29 is 14.3 Å². The average molecular weight is 436 g/mol. The quantitative estimate of drug-likeness (QED) is 0.576. The number of hydrogen-bond donors (Lipinski definition) is 1. The summed E-state index contributed by atoms with van der Waals surface area (Å²) in [7, 11) is 3.16. The number of aryl methyl sites for hydroxylation is 1. The number of hydrogen-bond acceptors (Lipinski definition) is 5. The smallest absolute Gasteiger partial charge is 0.337 e. The number of aromatic amines is 1. The van der Waals surface area contributed by atoms with Gasteiger partial charge in [0.15, 0.2) is 0 Å². The van der Waals surface area contributed by atoms with Gasteiger partial charge in [0.05, 0.1) is 19.8 Å². The minimum atomic E-state index is -0.305. The molecule has 1 aromatic heterocycles. The van der Waals surface area contributed by atoms with Gasteiger partial charge in [-0.1, -0.05) is 12.1 Å². The Kier molecular flexibility index (Phi) is 6.53. The van der Waals surface area contributed by atoms with Crippen molar-refractivity contribution in [2.75, 3.05) is 33.9 Å². The number of methoxy groups -OCH3 is 2. The number of ether oxygens (including phenoxy) is 2. The molecule has 1 fully saturated rings. The number of esters is 1. The molecule has 0 spiro atoms. The standard InChI is InChI=1S/C26H33N3O3/c1-17(2)28-12-13-29(23(16-28)19-6-8-20(9-7-19)26(30)32-5)15-22-21-10-11-27-25(21)18(3)14-24(22)31-4/h6-11,14,17,23,27H,12-13,15-16H2,1-5H3. The molecule has 1 aliphatic rings. The van der Waals surface area contributed by atoms with Gasteiger partial charge in [-0.05, 0) is 56.2 Å². The van der Waals surface area contributed by atoms with E-state index in [1.54, 1.807) is 7.11 Å². The first-order valence-electron chi connectivity index (χ1n) is 11.2. The fraction of sp³-hybridized carbons (Fsp3) is 0.423. The third-order valence-corrected chi connectivity index (χ3v) is 6.66. The van der Waals surface area contributed by atoms with Gasteiger partial charge < -0.3 is 14.5 Å². The van der Waals surface area contributed by atoms with E-state index in [0.717, 1.165) is 31.9 Å². The van der Waals surface area contributed by atoms with Crippen molar-refractivity contribution in [2.24, 2.45) is 0 Å². The third-order valence-electron chi connectivity index (χ3n) is 6.66. The van der Waals surface area contributed by atoms with E-state index in [-0.39, 0.29) is 12.0 Å². The summed E-state index contributed by atoms with van der Waals surface area (Å²) in [6.45, 7) is 10.3. The number of rotatable bonds is 6. The first-order chi connectivity index (χ1) is 15.4. The first-order valence-corrected chi connectivity index (χ1v) is 11.2. The maximum absolute atomic E-state index is 11.9. The van der Waals surface area contributed by atoms with Crippen molar-refractivity contribution in [3.8, 4) is 5.75 Å². The van der Waals surface area contributed by atoms with Crippen LogP contribution in [0.3, 0.4) is 0 Å². The van der Waals surface area contributed by atoms with Crippen molar-refractivity contribution in [3.05, 3.63) is 64.8 Å². The average Bonchev–Trinajstić information content (AvgIpc) is 3.31. The number of carbonyl (C=O) groups is 1. The largest absolute Gasteiger partial charge is 0.496 e. The van der Waals surface area contributed by atoms with E-state index in [1.165, 1.54) is 34.7 Å². The molecule has 0 saturated carbocycles. The molecule has 32 heavy (non-hydrogen) atoms. The number of aromatic nitrogens is 1. The zero-order chi connectivity index (χ0) is 22.8. The Balaban J connectivity index is 1.69. The van der Waals surface area contributed by atoms with E-state index in [0.29, 0.717) is 11.6 Å². The lowest BCUT2D eigenvalue weighted by atomic mass is 9.98. The summed E-state index contributed by atoms with van der Waals surface area (Å²) in [6, 6.07) is 12.8. The molecule has 0 radical (unpaired) electrons. The number of H-pyrrole nitrogens is 1. The molecule has 2 aromatic carbocycles. The van der Waals surface area contributed by atoms with Crippen LogP contribution in [0.15, 0.2) is 42.6 Å². The summed E-state index contributed by atoms with van der Waals surface area (Å²) in [5.41, 5.74) is 5.35. The summed E-state index contributed by atoms with van der Waals surface area (Å²) in [6.07, 6.45) is 2.00. The molecule has 1 N–H and O–H groups in total. The van der Waals surface area contributed by atoms with E-state index in [1.807, 2.05) is 18.3 Å². The molecular weight excluding hydrogens is 402 g/mol. The second-order valence-corrected chi connectivity index (χ2v) is 8.83. The Bertz CT molecular complexity index is 1090. The normalized spacial score (nSPS) is 17.8. The van der Waals surface area contributed by atoms with E-state index < -0.39 is 0 Å². The SMILES string of the molecule is COC(=O)c1ccc(C2CN(C(C)C)CCN2Cc2c(OC)cc(C)c3[nH]ccc23)cc1. The van der Waals surface area contributed by atoms with Gasteiger partial charge in [-0.3, -0.25) is 9.80 Å². The maximum atomic E-state index is 11.9. The van der Waals surface area contributed by atoms with Gasteiger partial charge in [0.25, 0.3) is 0 Å². The van der Waals surface area contributed by atoms with Crippen molar-refractivity contribution in [3.63, 3.8) is 0 Å². The number of fused-ring (bicyclic) bond motifs is 1. The highest BCUT2D eigenvalue weighted by atomic mass is 16.5. The Hall–Kier alpha value is -2.83. The van der Waals surface area contributed by atoms with Crippen molar-refractivity contribution >= 4 is 16.9 Å². The van der Waals surface area contributed by atoms with Crippen molar-refractivity contribution in [2.45, 2.75) is 39.4 Å². The van der Waals surface area contributed by atoms with Gasteiger partial charge in [-0.25, -0.2) is 4.79 Å². The topological polar surface area (TPSA) is 57.8 Å². The van der Waals surface area contributed by atoms with Crippen LogP contribution in [0.5, 0.6) is 5.75 Å². The number of piperazine rings is 1. The lowest BCUT2D eigenvalue weighted by Crippen LogP contribution is -2.50. The number of nitrogens with zero attached hydrogens (tertiary/aromatic N) is 2. The summed E-state index contributed by atoms with van der Waals surface area (Å²) in [5, 5.41) is 1.22. The van der Waals surface area contributed by atoms with E-state index in [2.05, 4.69) is 59.8 Å². The van der Waals surface area contributed by atoms with Crippen LogP contribution < -0.4 is 4.74 Å². The van der Waals surface area contributed by atoms with E-state index in [4.69, 9.17) is 9.47 Å². The third kappa shape index (κ3) is 4.25. The Morgan fingerprint density at radius 2 is 1.91 bits per heavy atom. The Morgan fingerprint density at radius 1 is 1.16 bits per heavy atom. The van der Waals surface area contributed by atoms with Gasteiger partial charge in [-0.2, -0.15) is 0 Å². The fourth-order valence-corrected chi connectivity index (χ4v) is 4.76. The second-order valence-electron chi connectivity index (χ2n) is 8.83. The molecule has 1 atom stereocenters. The molecule has 6 nitrogen and oxygen atoms in total. The monoisotopic (exact) mass is 435 g/mol. The second kappa shape index (κ2) is 9.35. The first kappa shape index (κ1) is 22.4. The van der Waals surface area contributed by atoms with Gasteiger partial charge in [-0.15, -0.1) is 0 Å². The lowest BCUT2D eigenvalue weighted by molar-refractivity contribution is 0.0504. The van der Waals surface area contributed by atoms with Crippen molar-refractivity contribution in [1.82, 2.24) is 14.8 Å². The molecule has 3 aromatic rings. The van der Waals surface area contributed by atoms with Gasteiger partial charge in [0.1, 0.15) is 5.75 Å². The lowest BCUT2D eigenvalue weighted by Gasteiger charge is -2.43. The molecule has 1 unspecified atom stereocenters. The number of benzene rings is 2. The maximum Gasteiger partial charge on any atom is 0.337 e. The minimum absolute atomic E-state index is 0.220. The molecule has 6 heteroatoms. The molecule has 1 saturated heterocycles. The van der Waals surface area contributed by atoms with Crippen LogP contribution in [0.1, 0.15) is 46.9 Å². The van der Waals surface area contributed by atoms with Crippen LogP contribution in [0.4, 0.5) is 0 Å². The summed E-state index contributed by atoms with van der Waals surface area (Å²) in [5.74, 6) is 0.626. The zero-order valence-electron chi connectivity index (χ0n) is 19.6. The van der Waals surface area contributed by atoms with E-state index >= 15 is 0 Å². The molecule has 0 aliphatic carbocycles. The van der Waals surface area contributed by atoms with Crippen LogP contribution >= 0.6 is 0 Å². The fourth-order valence-electron chi connectivity index (χ4n) is 4.76. The molecule has 4 rings (SSSR count). The highest BCUT2D eigenvalue weighted by Gasteiger charge is 2.30.